The monoisotopic (exact) mass is 408 g/mol. The van der Waals surface area contributed by atoms with Crippen LogP contribution in [0.5, 0.6) is 0 Å². The minimum atomic E-state index is -2.35. The van der Waals surface area contributed by atoms with E-state index in [2.05, 4.69) is 63.8 Å². The van der Waals surface area contributed by atoms with E-state index in [-0.39, 0.29) is 0 Å². The molecular formula is C19H32SiSn. The molecule has 0 saturated carbocycles. The number of fused-ring (bicyclic) bond motifs is 1. The van der Waals surface area contributed by atoms with Gasteiger partial charge in [-0.25, -0.2) is 0 Å². The molecule has 0 amide bonds. The van der Waals surface area contributed by atoms with Crippen LogP contribution < -0.4 is 3.58 Å². The quantitative estimate of drug-likeness (QED) is 0.505. The van der Waals surface area contributed by atoms with Crippen molar-refractivity contribution in [3.05, 3.63) is 33.0 Å². The van der Waals surface area contributed by atoms with Crippen molar-refractivity contribution in [2.24, 2.45) is 0 Å². The third-order valence-electron chi connectivity index (χ3n) is 5.01. The van der Waals surface area contributed by atoms with Crippen molar-refractivity contribution in [1.82, 2.24) is 0 Å². The molecule has 0 N–H and O–H groups in total. The van der Waals surface area contributed by atoms with E-state index in [1.165, 1.54) is 25.7 Å². The normalized spacial score (nSPS) is 16.7. The molecule has 116 valence electrons. The number of benzene rings is 1. The Morgan fingerprint density at radius 2 is 1.48 bits per heavy atom. The van der Waals surface area contributed by atoms with Crippen molar-refractivity contribution in [1.29, 1.82) is 0 Å². The number of unbranched alkanes of at least 4 members (excludes halogenated alkanes) is 2. The van der Waals surface area contributed by atoms with Gasteiger partial charge in [0.1, 0.15) is 0 Å². The van der Waals surface area contributed by atoms with Gasteiger partial charge in [-0.15, -0.1) is 0 Å². The Hall–Kier alpha value is -0.0244. The SMILES string of the molecule is CCC[CH2][Sn]1([CH2]CCC)[C]([Si](C)(C)C)=Cc2cccc[c]21. The summed E-state index contributed by atoms with van der Waals surface area (Å²) < 4.78 is 6.96. The van der Waals surface area contributed by atoms with Gasteiger partial charge in [-0.05, 0) is 0 Å². The first-order chi connectivity index (χ1) is 9.95. The summed E-state index contributed by atoms with van der Waals surface area (Å²) in [5.41, 5.74) is 1.60. The molecule has 2 rings (SSSR count). The molecule has 0 aromatic heterocycles. The fraction of sp³-hybridized carbons (Fsp3) is 0.579. The molecule has 0 fully saturated rings. The first kappa shape index (κ1) is 17.3. The Morgan fingerprint density at radius 1 is 0.905 bits per heavy atom. The molecule has 0 saturated heterocycles. The first-order valence-electron chi connectivity index (χ1n) is 8.78. The maximum absolute atomic E-state index is 2.66. The van der Waals surface area contributed by atoms with E-state index < -0.39 is 26.5 Å². The molecular weight excluding hydrogens is 375 g/mol. The molecule has 1 aliphatic heterocycles. The van der Waals surface area contributed by atoms with Gasteiger partial charge in [0.2, 0.25) is 0 Å². The molecule has 2 heteroatoms. The zero-order valence-electron chi connectivity index (χ0n) is 14.6. The average Bonchev–Trinajstić information content (AvgIpc) is 2.78. The van der Waals surface area contributed by atoms with Crippen LogP contribution in [0, 0.1) is 0 Å². The van der Waals surface area contributed by atoms with Crippen LogP contribution in [0.2, 0.25) is 28.5 Å². The second kappa shape index (κ2) is 7.03. The van der Waals surface area contributed by atoms with Crippen LogP contribution in [0.15, 0.2) is 27.5 Å². The summed E-state index contributed by atoms with van der Waals surface area (Å²) in [6, 6.07) is 9.41. The molecule has 0 nitrogen and oxygen atoms in total. The van der Waals surface area contributed by atoms with Crippen molar-refractivity contribution >= 4 is 36.1 Å². The van der Waals surface area contributed by atoms with Crippen LogP contribution >= 0.6 is 0 Å². The fourth-order valence-electron chi connectivity index (χ4n) is 4.05. The van der Waals surface area contributed by atoms with Crippen molar-refractivity contribution < 1.29 is 0 Å². The Bertz CT molecular complexity index is 503. The van der Waals surface area contributed by atoms with Gasteiger partial charge in [-0.3, -0.25) is 0 Å². The molecule has 0 atom stereocenters. The third kappa shape index (κ3) is 3.49. The van der Waals surface area contributed by atoms with E-state index in [4.69, 9.17) is 0 Å². The Labute approximate surface area is 136 Å². The summed E-state index contributed by atoms with van der Waals surface area (Å²) in [4.78, 5) is 0. The zero-order valence-corrected chi connectivity index (χ0v) is 18.5. The van der Waals surface area contributed by atoms with Crippen LogP contribution in [-0.2, 0) is 0 Å². The summed E-state index contributed by atoms with van der Waals surface area (Å²) in [6.45, 7) is 12.5. The molecule has 1 aromatic rings. The van der Waals surface area contributed by atoms with Crippen molar-refractivity contribution in [2.45, 2.75) is 68.0 Å². The molecule has 0 unspecified atom stereocenters. The fourth-order valence-corrected chi connectivity index (χ4v) is 35.5. The van der Waals surface area contributed by atoms with Crippen LogP contribution in [0.25, 0.3) is 6.08 Å². The Balaban J connectivity index is 2.52. The Kier molecular flexibility index (Phi) is 5.81. The van der Waals surface area contributed by atoms with E-state index >= 15 is 0 Å². The van der Waals surface area contributed by atoms with Gasteiger partial charge in [0.25, 0.3) is 0 Å². The van der Waals surface area contributed by atoms with Crippen LogP contribution in [-0.4, -0.2) is 26.5 Å². The molecule has 1 aliphatic rings. The second-order valence-corrected chi connectivity index (χ2v) is 26.3. The zero-order chi connectivity index (χ0) is 15.5. The molecule has 1 heterocycles. The molecule has 0 radical (unpaired) electrons. The third-order valence-corrected chi connectivity index (χ3v) is 30.9. The standard InChI is InChI=1S/C11H14Si.2C4H9.Sn/c1-12(2,3)10-9-11-7-5-4-6-8-11;2*1-3-4-2;/h4-7,9H,1-3H3;2*1,3-4H2,2H3;. The van der Waals surface area contributed by atoms with Gasteiger partial charge < -0.3 is 0 Å². The summed E-state index contributed by atoms with van der Waals surface area (Å²) in [7, 11) is -1.20. The van der Waals surface area contributed by atoms with E-state index in [0.29, 0.717) is 0 Å². The van der Waals surface area contributed by atoms with E-state index in [9.17, 15) is 0 Å². The molecule has 0 bridgehead atoms. The van der Waals surface area contributed by atoms with Gasteiger partial charge in [0, 0.05) is 0 Å². The minimum absolute atomic E-state index is 1.20. The van der Waals surface area contributed by atoms with Crippen molar-refractivity contribution in [2.75, 3.05) is 0 Å². The predicted octanol–water partition coefficient (Wildman–Crippen LogP) is 5.76. The summed E-state index contributed by atoms with van der Waals surface area (Å²) in [5, 5.41) is 0. The molecule has 0 spiro atoms. The number of hydrogen-bond acceptors (Lipinski definition) is 0. The molecule has 0 aliphatic carbocycles. The van der Waals surface area contributed by atoms with Crippen LogP contribution in [0.1, 0.15) is 45.1 Å². The number of hydrogen-bond donors (Lipinski definition) is 0. The summed E-state index contributed by atoms with van der Waals surface area (Å²) >= 11 is -2.35. The van der Waals surface area contributed by atoms with Gasteiger partial charge in [0.05, 0.1) is 0 Å². The topological polar surface area (TPSA) is 0 Å². The number of rotatable bonds is 7. The summed E-state index contributed by atoms with van der Waals surface area (Å²) in [5.74, 6) is 0. The van der Waals surface area contributed by atoms with Crippen LogP contribution in [0.4, 0.5) is 0 Å². The first-order valence-corrected chi connectivity index (χ1v) is 19.2. The van der Waals surface area contributed by atoms with Crippen molar-refractivity contribution in [3.63, 3.8) is 0 Å². The van der Waals surface area contributed by atoms with E-state index in [0.717, 1.165) is 0 Å². The maximum atomic E-state index is 2.66. The van der Waals surface area contributed by atoms with Gasteiger partial charge in [-0.2, -0.15) is 0 Å². The second-order valence-electron chi connectivity index (χ2n) is 7.68. The summed E-state index contributed by atoms with van der Waals surface area (Å²) in [6.07, 6.45) is 8.24. The van der Waals surface area contributed by atoms with Crippen LogP contribution in [0.3, 0.4) is 0 Å². The van der Waals surface area contributed by atoms with Crippen molar-refractivity contribution in [3.8, 4) is 0 Å². The van der Waals surface area contributed by atoms with Gasteiger partial charge in [-0.1, -0.05) is 0 Å². The van der Waals surface area contributed by atoms with Gasteiger partial charge in [0.15, 0.2) is 0 Å². The predicted molar refractivity (Wildman–Crippen MR) is 103 cm³/mol. The average molecular weight is 407 g/mol. The molecule has 21 heavy (non-hydrogen) atoms. The van der Waals surface area contributed by atoms with E-state index in [1.54, 1.807) is 14.4 Å². The van der Waals surface area contributed by atoms with E-state index in [1.807, 2.05) is 6.79 Å². The molecule has 1 aromatic carbocycles. The Morgan fingerprint density at radius 3 is 2.00 bits per heavy atom. The van der Waals surface area contributed by atoms with Gasteiger partial charge >= 0.3 is 137 Å².